The van der Waals surface area contributed by atoms with Crippen LogP contribution in [0, 0.1) is 0 Å². The fourth-order valence-corrected chi connectivity index (χ4v) is 6.08. The van der Waals surface area contributed by atoms with Crippen molar-refractivity contribution >= 4 is 21.9 Å². The second-order valence-corrected chi connectivity index (χ2v) is 12.1. The van der Waals surface area contributed by atoms with Crippen molar-refractivity contribution in [1.82, 2.24) is 19.1 Å². The van der Waals surface area contributed by atoms with Crippen LogP contribution in [-0.2, 0) is 43.5 Å². The van der Waals surface area contributed by atoms with Gasteiger partial charge in [-0.1, -0.05) is 67.9 Å². The molecule has 14 heteroatoms. The number of hydrogen-bond acceptors (Lipinski definition) is 7. The van der Waals surface area contributed by atoms with Gasteiger partial charge in [-0.25, -0.2) is 17.9 Å². The summed E-state index contributed by atoms with van der Waals surface area (Å²) in [5.74, 6) is -0.935. The van der Waals surface area contributed by atoms with Crippen molar-refractivity contribution in [2.75, 3.05) is 7.11 Å². The molecule has 0 aliphatic rings. The number of alkyl halides is 3. The predicted molar refractivity (Wildman–Crippen MR) is 164 cm³/mol. The van der Waals surface area contributed by atoms with Gasteiger partial charge in [-0.05, 0) is 42.2 Å². The van der Waals surface area contributed by atoms with Gasteiger partial charge in [0.05, 0.1) is 29.8 Å². The number of benzene rings is 3. The molecule has 0 spiro atoms. The van der Waals surface area contributed by atoms with E-state index in [9.17, 15) is 36.0 Å². The van der Waals surface area contributed by atoms with Crippen molar-refractivity contribution in [3.63, 3.8) is 0 Å². The van der Waals surface area contributed by atoms with E-state index in [2.05, 4.69) is 9.84 Å². The number of sulfonamides is 1. The number of ether oxygens (including phenoxy) is 1. The molecular weight excluding hydrogens is 625 g/mol. The van der Waals surface area contributed by atoms with Gasteiger partial charge in [0.15, 0.2) is 0 Å². The number of hydrogen-bond donors (Lipinski definition) is 1. The van der Waals surface area contributed by atoms with Crippen LogP contribution < -0.4 is 10.4 Å². The molecule has 1 aromatic heterocycles. The summed E-state index contributed by atoms with van der Waals surface area (Å²) in [6.45, 7) is 1.97. The lowest BCUT2D eigenvalue weighted by molar-refractivity contribution is -0.141. The van der Waals surface area contributed by atoms with Gasteiger partial charge in [0.25, 0.3) is 10.0 Å². The van der Waals surface area contributed by atoms with Crippen LogP contribution in [0.3, 0.4) is 0 Å². The average Bonchev–Trinajstić information content (AvgIpc) is 3.33. The maximum Gasteiger partial charge on any atom is 0.418 e. The van der Waals surface area contributed by atoms with Crippen molar-refractivity contribution in [3.8, 4) is 16.8 Å². The molecule has 10 nitrogen and oxygen atoms in total. The number of carbonyl (C=O) groups is 2. The number of aryl methyl sites for hydroxylation is 1. The van der Waals surface area contributed by atoms with Crippen LogP contribution in [0.15, 0.2) is 82.5 Å². The molecule has 4 aromatic rings. The first-order valence-corrected chi connectivity index (χ1v) is 16.0. The van der Waals surface area contributed by atoms with Gasteiger partial charge in [-0.15, -0.1) is 5.10 Å². The third-order valence-electron chi connectivity index (χ3n) is 7.17. The Labute approximate surface area is 263 Å². The van der Waals surface area contributed by atoms with Crippen LogP contribution in [0.5, 0.6) is 0 Å². The zero-order chi connectivity index (χ0) is 33.5. The largest absolute Gasteiger partial charge is 0.469 e. The Hall–Kier alpha value is -4.72. The average molecular weight is 659 g/mol. The van der Waals surface area contributed by atoms with E-state index in [0.717, 1.165) is 17.2 Å². The Morgan fingerprint density at radius 3 is 2.28 bits per heavy atom. The highest BCUT2D eigenvalue weighted by Gasteiger charge is 2.35. The number of aromatic nitrogens is 3. The fraction of sp³-hybridized carbons (Fsp3) is 0.312. The highest BCUT2D eigenvalue weighted by Crippen LogP contribution is 2.33. The maximum atomic E-state index is 13.7. The zero-order valence-corrected chi connectivity index (χ0v) is 26.0. The SMILES string of the molecule is CCCCc1nn(-c2ccccc2C(F)(F)F)c(=O)n1Cc1ccc(-c2ccccc2S(=O)(=O)NC(=O)CCCC(=O)OC)cc1. The molecule has 0 fully saturated rings. The number of amides is 1. The van der Waals surface area contributed by atoms with E-state index in [1.807, 2.05) is 11.6 Å². The van der Waals surface area contributed by atoms with Crippen molar-refractivity contribution in [2.45, 2.75) is 63.1 Å². The van der Waals surface area contributed by atoms with Gasteiger partial charge in [0, 0.05) is 24.8 Å². The number of nitrogens with zero attached hydrogens (tertiary/aromatic N) is 3. The Balaban J connectivity index is 1.60. The van der Waals surface area contributed by atoms with E-state index in [-0.39, 0.29) is 36.4 Å². The normalized spacial score (nSPS) is 11.8. The molecule has 0 aliphatic carbocycles. The summed E-state index contributed by atoms with van der Waals surface area (Å²) in [5.41, 5.74) is -0.589. The molecule has 1 N–H and O–H groups in total. The minimum Gasteiger partial charge on any atom is -0.469 e. The van der Waals surface area contributed by atoms with Crippen LogP contribution in [0.25, 0.3) is 16.8 Å². The summed E-state index contributed by atoms with van der Waals surface area (Å²) in [6.07, 6.45) is -2.95. The van der Waals surface area contributed by atoms with Crippen molar-refractivity contribution < 1.29 is 35.9 Å². The summed E-state index contributed by atoms with van der Waals surface area (Å²) in [7, 11) is -3.04. The van der Waals surface area contributed by atoms with E-state index >= 15 is 0 Å². The number of unbranched alkanes of at least 4 members (excludes halogenated alkanes) is 1. The third-order valence-corrected chi connectivity index (χ3v) is 8.60. The smallest absolute Gasteiger partial charge is 0.418 e. The molecule has 244 valence electrons. The molecular formula is C32H33F3N4O6S. The quantitative estimate of drug-likeness (QED) is 0.194. The number of methoxy groups -OCH3 is 1. The molecule has 1 heterocycles. The lowest BCUT2D eigenvalue weighted by Crippen LogP contribution is -2.30. The maximum absolute atomic E-state index is 13.7. The van der Waals surface area contributed by atoms with Crippen LogP contribution in [0.4, 0.5) is 13.2 Å². The topological polar surface area (TPSA) is 129 Å². The Morgan fingerprint density at radius 1 is 0.935 bits per heavy atom. The monoisotopic (exact) mass is 658 g/mol. The van der Waals surface area contributed by atoms with Crippen LogP contribution >= 0.6 is 0 Å². The molecule has 0 saturated carbocycles. The van der Waals surface area contributed by atoms with E-state index in [1.165, 1.54) is 42.0 Å². The third kappa shape index (κ3) is 8.10. The Kier molecular flexibility index (Phi) is 10.8. The number of esters is 1. The van der Waals surface area contributed by atoms with E-state index in [4.69, 9.17) is 0 Å². The van der Waals surface area contributed by atoms with Crippen molar-refractivity contribution in [3.05, 3.63) is 100 Å². The number of rotatable bonds is 13. The molecule has 1 amide bonds. The second-order valence-electron chi connectivity index (χ2n) is 10.5. The van der Waals surface area contributed by atoms with Gasteiger partial charge in [0.2, 0.25) is 5.91 Å². The summed E-state index contributed by atoms with van der Waals surface area (Å²) < 4.78 is 76.1. The minimum absolute atomic E-state index is 0.0217. The van der Waals surface area contributed by atoms with E-state index < -0.39 is 39.3 Å². The van der Waals surface area contributed by atoms with E-state index in [0.29, 0.717) is 35.4 Å². The lowest BCUT2D eigenvalue weighted by Gasteiger charge is -2.13. The van der Waals surface area contributed by atoms with Crippen LogP contribution in [0.1, 0.15) is 56.0 Å². The Morgan fingerprint density at radius 2 is 1.61 bits per heavy atom. The molecule has 0 atom stereocenters. The molecule has 4 rings (SSSR count). The number of nitrogens with one attached hydrogen (secondary N) is 1. The molecule has 0 unspecified atom stereocenters. The van der Waals surface area contributed by atoms with Crippen LogP contribution in [-0.4, -0.2) is 41.8 Å². The van der Waals surface area contributed by atoms with Crippen molar-refractivity contribution in [1.29, 1.82) is 0 Å². The van der Waals surface area contributed by atoms with Gasteiger partial charge in [-0.3, -0.25) is 14.2 Å². The highest BCUT2D eigenvalue weighted by molar-refractivity contribution is 7.90. The summed E-state index contributed by atoms with van der Waals surface area (Å²) >= 11 is 0. The fourth-order valence-electron chi connectivity index (χ4n) is 4.83. The van der Waals surface area contributed by atoms with E-state index in [1.54, 1.807) is 36.4 Å². The standard InChI is InChI=1S/C32H33F3N4O6S/c1-3-4-14-28-36-39(26-12-7-6-11-25(26)32(33,34)35)31(42)38(28)21-22-17-19-23(20-18-22)24-10-5-8-13-27(24)46(43,44)37-29(40)15-9-16-30(41)45-2/h5-8,10-13,17-20H,3-4,9,14-16,21H2,1-2H3,(H,37,40). The molecule has 0 radical (unpaired) electrons. The summed E-state index contributed by atoms with van der Waals surface area (Å²) in [4.78, 5) is 36.9. The minimum atomic E-state index is -4.68. The molecule has 0 aliphatic heterocycles. The highest BCUT2D eigenvalue weighted by atomic mass is 32.2. The van der Waals surface area contributed by atoms with Gasteiger partial charge < -0.3 is 4.74 Å². The number of halogens is 3. The first kappa shape index (κ1) is 34.2. The summed E-state index contributed by atoms with van der Waals surface area (Å²) in [6, 6.07) is 17.6. The molecule has 3 aromatic carbocycles. The predicted octanol–water partition coefficient (Wildman–Crippen LogP) is 5.26. The second kappa shape index (κ2) is 14.6. The zero-order valence-electron chi connectivity index (χ0n) is 25.2. The van der Waals surface area contributed by atoms with Gasteiger partial charge in [-0.2, -0.15) is 17.9 Å². The Bertz CT molecular complexity index is 1870. The number of carbonyl (C=O) groups excluding carboxylic acids is 2. The van der Waals surface area contributed by atoms with Gasteiger partial charge in [0.1, 0.15) is 5.82 Å². The first-order valence-electron chi connectivity index (χ1n) is 14.5. The van der Waals surface area contributed by atoms with Crippen LogP contribution in [0.2, 0.25) is 0 Å². The lowest BCUT2D eigenvalue weighted by atomic mass is 10.0. The van der Waals surface area contributed by atoms with Gasteiger partial charge >= 0.3 is 17.8 Å². The molecule has 46 heavy (non-hydrogen) atoms. The number of para-hydroxylation sites is 1. The molecule has 0 bridgehead atoms. The summed E-state index contributed by atoms with van der Waals surface area (Å²) in [5, 5.41) is 4.29. The first-order chi connectivity index (χ1) is 21.9. The van der Waals surface area contributed by atoms with Crippen molar-refractivity contribution in [2.24, 2.45) is 0 Å². The molecule has 0 saturated heterocycles.